The van der Waals surface area contributed by atoms with Gasteiger partial charge in [0.25, 0.3) is 5.91 Å². The van der Waals surface area contributed by atoms with E-state index in [1.54, 1.807) is 12.3 Å². The first kappa shape index (κ1) is 12.5. The number of carbonyl (C=O) groups excluding carboxylic acids is 1. The van der Waals surface area contributed by atoms with Gasteiger partial charge in [0.2, 0.25) is 0 Å². The van der Waals surface area contributed by atoms with Gasteiger partial charge in [-0.05, 0) is 26.7 Å². The number of hydrogen-bond donors (Lipinski definition) is 2. The zero-order valence-electron chi connectivity index (χ0n) is 9.84. The predicted octanol–water partition coefficient (Wildman–Crippen LogP) is 1.70. The lowest BCUT2D eigenvalue weighted by Gasteiger charge is -2.09. The maximum Gasteiger partial charge on any atom is 0.255 e. The zero-order valence-corrected chi connectivity index (χ0v) is 10.7. The Morgan fingerprint density at radius 2 is 2.47 bits per heavy atom. The van der Waals surface area contributed by atoms with Crippen molar-refractivity contribution in [3.05, 3.63) is 11.1 Å². The Balaban J connectivity index is 1.93. The van der Waals surface area contributed by atoms with Gasteiger partial charge in [0.05, 0.1) is 17.9 Å². The molecule has 0 aromatic carbocycles. The van der Waals surface area contributed by atoms with Crippen molar-refractivity contribution in [3.63, 3.8) is 0 Å². The van der Waals surface area contributed by atoms with E-state index in [9.17, 15) is 9.90 Å². The first-order chi connectivity index (χ1) is 8.06. The summed E-state index contributed by atoms with van der Waals surface area (Å²) in [5.74, 6) is -0.152. The molecule has 1 aliphatic rings. The highest BCUT2D eigenvalue weighted by Crippen LogP contribution is 2.23. The summed E-state index contributed by atoms with van der Waals surface area (Å²) in [7, 11) is 0. The van der Waals surface area contributed by atoms with E-state index in [-0.39, 0.29) is 18.1 Å². The van der Waals surface area contributed by atoms with Gasteiger partial charge in [-0.1, -0.05) is 0 Å². The average molecular weight is 256 g/mol. The van der Waals surface area contributed by atoms with E-state index in [1.807, 2.05) is 6.92 Å². The molecule has 0 saturated carbocycles. The Hall–Kier alpha value is -0.980. The molecule has 1 amide bonds. The number of anilines is 1. The summed E-state index contributed by atoms with van der Waals surface area (Å²) in [5, 5.41) is 14.3. The van der Waals surface area contributed by atoms with E-state index in [0.29, 0.717) is 10.8 Å². The van der Waals surface area contributed by atoms with Crippen molar-refractivity contribution in [2.24, 2.45) is 0 Å². The highest BCUT2D eigenvalue weighted by atomic mass is 32.1. The van der Waals surface area contributed by atoms with Gasteiger partial charge in [0, 0.05) is 5.38 Å². The minimum Gasteiger partial charge on any atom is -0.387 e. The number of aromatic nitrogens is 1. The van der Waals surface area contributed by atoms with Crippen molar-refractivity contribution in [3.8, 4) is 0 Å². The maximum absolute atomic E-state index is 11.8. The number of thiazole rings is 1. The highest BCUT2D eigenvalue weighted by Gasteiger charge is 2.28. The molecule has 0 radical (unpaired) electrons. The second-order valence-corrected chi connectivity index (χ2v) is 5.11. The molecule has 1 fully saturated rings. The molecular weight excluding hydrogens is 240 g/mol. The SMILES string of the molecule is CC1CCC(C(=O)Nc2nc(C(C)O)cs2)O1. The quantitative estimate of drug-likeness (QED) is 0.863. The van der Waals surface area contributed by atoms with Crippen LogP contribution in [0.15, 0.2) is 5.38 Å². The number of aliphatic hydroxyl groups excluding tert-OH is 1. The van der Waals surface area contributed by atoms with Crippen LogP contribution >= 0.6 is 11.3 Å². The third kappa shape index (κ3) is 3.02. The molecule has 1 aliphatic heterocycles. The molecule has 2 heterocycles. The zero-order chi connectivity index (χ0) is 12.4. The molecule has 2 rings (SSSR count). The number of carbonyl (C=O) groups is 1. The fraction of sp³-hybridized carbons (Fsp3) is 0.636. The maximum atomic E-state index is 11.8. The van der Waals surface area contributed by atoms with E-state index < -0.39 is 6.10 Å². The van der Waals surface area contributed by atoms with Gasteiger partial charge in [-0.2, -0.15) is 0 Å². The number of amides is 1. The minimum atomic E-state index is -0.611. The fourth-order valence-electron chi connectivity index (χ4n) is 1.72. The molecular formula is C11H16N2O3S. The van der Waals surface area contributed by atoms with Gasteiger partial charge in [0.15, 0.2) is 5.13 Å². The van der Waals surface area contributed by atoms with Crippen LogP contribution in [0, 0.1) is 0 Å². The van der Waals surface area contributed by atoms with Crippen molar-refractivity contribution in [1.29, 1.82) is 0 Å². The lowest BCUT2D eigenvalue weighted by atomic mass is 10.2. The highest BCUT2D eigenvalue weighted by molar-refractivity contribution is 7.13. The van der Waals surface area contributed by atoms with Gasteiger partial charge in [-0.3, -0.25) is 10.1 Å². The number of nitrogens with one attached hydrogen (secondary N) is 1. The third-order valence-electron chi connectivity index (χ3n) is 2.70. The first-order valence-electron chi connectivity index (χ1n) is 5.66. The number of hydrogen-bond acceptors (Lipinski definition) is 5. The van der Waals surface area contributed by atoms with E-state index in [4.69, 9.17) is 4.74 Å². The second kappa shape index (κ2) is 5.12. The average Bonchev–Trinajstić information content (AvgIpc) is 2.86. The van der Waals surface area contributed by atoms with Crippen LogP contribution in [0.25, 0.3) is 0 Å². The Morgan fingerprint density at radius 1 is 1.71 bits per heavy atom. The molecule has 6 heteroatoms. The van der Waals surface area contributed by atoms with Crippen molar-refractivity contribution < 1.29 is 14.6 Å². The standard InChI is InChI=1S/C11H16N2O3S/c1-6-3-4-9(16-6)10(15)13-11-12-8(5-17-11)7(2)14/h5-7,9,14H,3-4H2,1-2H3,(H,12,13,15). The van der Waals surface area contributed by atoms with Crippen LogP contribution in [0.3, 0.4) is 0 Å². The van der Waals surface area contributed by atoms with Gasteiger partial charge in [-0.15, -0.1) is 11.3 Å². The van der Waals surface area contributed by atoms with Crippen LogP contribution in [0.2, 0.25) is 0 Å². The predicted molar refractivity (Wildman–Crippen MR) is 64.9 cm³/mol. The minimum absolute atomic E-state index is 0.148. The van der Waals surface area contributed by atoms with Gasteiger partial charge in [-0.25, -0.2) is 4.98 Å². The molecule has 2 N–H and O–H groups in total. The second-order valence-electron chi connectivity index (χ2n) is 4.26. The Labute approximate surface area is 104 Å². The van der Waals surface area contributed by atoms with Crippen molar-refractivity contribution in [2.75, 3.05) is 5.32 Å². The summed E-state index contributed by atoms with van der Waals surface area (Å²) < 4.78 is 5.46. The van der Waals surface area contributed by atoms with Crippen LogP contribution in [0.1, 0.15) is 38.5 Å². The van der Waals surface area contributed by atoms with Crippen molar-refractivity contribution >= 4 is 22.4 Å². The summed E-state index contributed by atoms with van der Waals surface area (Å²) in [6, 6.07) is 0. The molecule has 5 nitrogen and oxygen atoms in total. The summed E-state index contributed by atoms with van der Waals surface area (Å²) in [5.41, 5.74) is 0.575. The Morgan fingerprint density at radius 3 is 3.00 bits per heavy atom. The number of rotatable bonds is 3. The molecule has 1 saturated heterocycles. The summed E-state index contributed by atoms with van der Waals surface area (Å²) in [4.78, 5) is 15.9. The van der Waals surface area contributed by atoms with E-state index in [2.05, 4.69) is 10.3 Å². The van der Waals surface area contributed by atoms with Crippen LogP contribution in [0.5, 0.6) is 0 Å². The fourth-order valence-corrected chi connectivity index (χ4v) is 2.52. The molecule has 3 unspecified atom stereocenters. The summed E-state index contributed by atoms with van der Waals surface area (Å²) >= 11 is 1.31. The normalized spacial score (nSPS) is 25.8. The third-order valence-corrected chi connectivity index (χ3v) is 3.48. The Bertz CT molecular complexity index is 405. The van der Waals surface area contributed by atoms with Crippen molar-refractivity contribution in [2.45, 2.75) is 45.0 Å². The van der Waals surface area contributed by atoms with Crippen molar-refractivity contribution in [1.82, 2.24) is 4.98 Å². The molecule has 0 aliphatic carbocycles. The topological polar surface area (TPSA) is 71.5 Å². The lowest BCUT2D eigenvalue weighted by Crippen LogP contribution is -2.27. The number of ether oxygens (including phenoxy) is 1. The van der Waals surface area contributed by atoms with Crippen LogP contribution in [-0.2, 0) is 9.53 Å². The van der Waals surface area contributed by atoms with Gasteiger partial charge in [0.1, 0.15) is 6.10 Å². The molecule has 17 heavy (non-hydrogen) atoms. The molecule has 0 spiro atoms. The number of aliphatic hydroxyl groups is 1. The molecule has 1 aromatic heterocycles. The van der Waals surface area contributed by atoms with E-state index in [0.717, 1.165) is 12.8 Å². The Kier molecular flexibility index (Phi) is 3.76. The summed E-state index contributed by atoms with van der Waals surface area (Å²) in [6.07, 6.45) is 0.829. The van der Waals surface area contributed by atoms with Crippen LogP contribution in [0.4, 0.5) is 5.13 Å². The summed E-state index contributed by atoms with van der Waals surface area (Å²) in [6.45, 7) is 3.60. The van der Waals surface area contributed by atoms with Crippen LogP contribution in [-0.4, -0.2) is 28.2 Å². The molecule has 94 valence electrons. The smallest absolute Gasteiger partial charge is 0.255 e. The van der Waals surface area contributed by atoms with Gasteiger partial charge < -0.3 is 9.84 Å². The van der Waals surface area contributed by atoms with Crippen LogP contribution < -0.4 is 5.32 Å². The molecule has 0 bridgehead atoms. The van der Waals surface area contributed by atoms with E-state index in [1.165, 1.54) is 11.3 Å². The monoisotopic (exact) mass is 256 g/mol. The largest absolute Gasteiger partial charge is 0.387 e. The van der Waals surface area contributed by atoms with E-state index >= 15 is 0 Å². The van der Waals surface area contributed by atoms with Gasteiger partial charge >= 0.3 is 0 Å². The first-order valence-corrected chi connectivity index (χ1v) is 6.54. The molecule has 1 aromatic rings. The molecule has 3 atom stereocenters. The number of nitrogens with zero attached hydrogens (tertiary/aromatic N) is 1. The lowest BCUT2D eigenvalue weighted by molar-refractivity contribution is -0.126.